The molecule has 1 N–H and O–H groups in total. The summed E-state index contributed by atoms with van der Waals surface area (Å²) < 4.78 is 0. The highest BCUT2D eigenvalue weighted by Gasteiger charge is 2.09. The average Bonchev–Trinajstić information content (AvgIpc) is 2.28. The van der Waals surface area contributed by atoms with Gasteiger partial charge in [0.05, 0.1) is 11.1 Å². The van der Waals surface area contributed by atoms with Crippen LogP contribution in [0, 0.1) is 0 Å². The van der Waals surface area contributed by atoms with Crippen LogP contribution in [-0.2, 0) is 6.42 Å². The Balaban J connectivity index is 2.83. The summed E-state index contributed by atoms with van der Waals surface area (Å²) in [5.74, 6) is 0.312. The largest absolute Gasteiger partial charge is 0.272 e. The van der Waals surface area contributed by atoms with Crippen molar-refractivity contribution in [3.63, 3.8) is 0 Å². The molecule has 0 aliphatic heterocycles. The molecule has 0 saturated heterocycles. The maximum absolute atomic E-state index is 11.6. The number of nitrogens with zero attached hydrogens (tertiary/aromatic N) is 1. The van der Waals surface area contributed by atoms with Gasteiger partial charge in [-0.25, -0.2) is 5.10 Å². The summed E-state index contributed by atoms with van der Waals surface area (Å²) in [7, 11) is 0. The lowest BCUT2D eigenvalue weighted by Crippen LogP contribution is -2.12. The Morgan fingerprint density at radius 1 is 1.31 bits per heavy atom. The molecule has 0 radical (unpaired) electrons. The van der Waals surface area contributed by atoms with E-state index in [4.69, 9.17) is 0 Å². The number of hydrogen-bond acceptors (Lipinski definition) is 2. The summed E-state index contributed by atoms with van der Waals surface area (Å²) in [5.41, 5.74) is 2.09. The van der Waals surface area contributed by atoms with Gasteiger partial charge in [-0.2, -0.15) is 5.10 Å². The number of benzene rings is 1. The molecule has 1 heterocycles. The molecular weight excluding hydrogens is 200 g/mol. The van der Waals surface area contributed by atoms with Crippen LogP contribution in [0.2, 0.25) is 0 Å². The van der Waals surface area contributed by atoms with Crippen molar-refractivity contribution in [3.8, 4) is 0 Å². The van der Waals surface area contributed by atoms with Crippen molar-refractivity contribution in [1.29, 1.82) is 0 Å². The zero-order valence-corrected chi connectivity index (χ0v) is 9.87. The van der Waals surface area contributed by atoms with Gasteiger partial charge in [0.1, 0.15) is 0 Å². The topological polar surface area (TPSA) is 45.8 Å². The van der Waals surface area contributed by atoms with E-state index in [1.807, 2.05) is 12.1 Å². The van der Waals surface area contributed by atoms with E-state index >= 15 is 0 Å². The highest BCUT2D eigenvalue weighted by molar-refractivity contribution is 5.84. The fraction of sp³-hybridized carbons (Fsp3) is 0.385. The van der Waals surface area contributed by atoms with Crippen LogP contribution in [0.5, 0.6) is 0 Å². The number of aromatic amines is 1. The van der Waals surface area contributed by atoms with E-state index in [0.29, 0.717) is 5.92 Å². The second-order valence-corrected chi connectivity index (χ2v) is 4.33. The number of fused-ring (bicyclic) bond motifs is 1. The molecule has 0 spiro atoms. The summed E-state index contributed by atoms with van der Waals surface area (Å²) in [4.78, 5) is 11.6. The number of nitrogens with one attached hydrogen (secondary N) is 1. The van der Waals surface area contributed by atoms with Gasteiger partial charge in [0.2, 0.25) is 0 Å². The molecule has 0 unspecified atom stereocenters. The highest BCUT2D eigenvalue weighted by atomic mass is 16.1. The standard InChI is InChI=1S/C13H16N2O/c1-4-9-5-6-10-11(7-9)12(8(2)3)14-15-13(10)16/h5-8H,4H2,1-3H3,(H,15,16). The minimum absolute atomic E-state index is 0.109. The van der Waals surface area contributed by atoms with Gasteiger partial charge in [0.25, 0.3) is 5.56 Å². The van der Waals surface area contributed by atoms with Crippen LogP contribution < -0.4 is 5.56 Å². The molecule has 1 aromatic heterocycles. The van der Waals surface area contributed by atoms with E-state index in [0.717, 1.165) is 22.9 Å². The van der Waals surface area contributed by atoms with Crippen LogP contribution in [-0.4, -0.2) is 10.2 Å². The van der Waals surface area contributed by atoms with Crippen LogP contribution >= 0.6 is 0 Å². The average molecular weight is 216 g/mol. The first-order valence-corrected chi connectivity index (χ1v) is 5.64. The number of aryl methyl sites for hydroxylation is 1. The summed E-state index contributed by atoms with van der Waals surface area (Å²) in [5, 5.41) is 8.42. The van der Waals surface area contributed by atoms with Crippen molar-refractivity contribution >= 4 is 10.8 Å². The number of hydrogen-bond donors (Lipinski definition) is 1. The van der Waals surface area contributed by atoms with Gasteiger partial charge in [-0.1, -0.05) is 26.8 Å². The first-order chi connectivity index (χ1) is 7.63. The van der Waals surface area contributed by atoms with Crippen molar-refractivity contribution < 1.29 is 0 Å². The number of rotatable bonds is 2. The third-order valence-electron chi connectivity index (χ3n) is 2.84. The molecule has 84 valence electrons. The Labute approximate surface area is 94.5 Å². The fourth-order valence-electron chi connectivity index (χ4n) is 1.89. The molecule has 0 saturated carbocycles. The van der Waals surface area contributed by atoms with Crippen molar-refractivity contribution in [3.05, 3.63) is 39.8 Å². The lowest BCUT2D eigenvalue weighted by molar-refractivity contribution is 0.792. The molecule has 0 atom stereocenters. The van der Waals surface area contributed by atoms with E-state index in [1.165, 1.54) is 5.56 Å². The van der Waals surface area contributed by atoms with E-state index in [2.05, 4.69) is 37.0 Å². The van der Waals surface area contributed by atoms with Crippen molar-refractivity contribution in [2.45, 2.75) is 33.1 Å². The Bertz CT molecular complexity index is 570. The third-order valence-corrected chi connectivity index (χ3v) is 2.84. The van der Waals surface area contributed by atoms with Crippen LogP contribution in [0.25, 0.3) is 10.8 Å². The monoisotopic (exact) mass is 216 g/mol. The predicted octanol–water partition coefficient (Wildman–Crippen LogP) is 2.61. The zero-order chi connectivity index (χ0) is 11.7. The smallest absolute Gasteiger partial charge is 0.267 e. The molecule has 0 bridgehead atoms. The van der Waals surface area contributed by atoms with E-state index in [-0.39, 0.29) is 5.56 Å². The molecule has 2 aromatic rings. The van der Waals surface area contributed by atoms with Crippen LogP contribution in [0.4, 0.5) is 0 Å². The van der Waals surface area contributed by atoms with E-state index in [9.17, 15) is 4.79 Å². The third kappa shape index (κ3) is 1.73. The molecule has 0 aliphatic carbocycles. The quantitative estimate of drug-likeness (QED) is 0.838. The molecule has 0 fully saturated rings. The maximum atomic E-state index is 11.6. The van der Waals surface area contributed by atoms with Crippen molar-refractivity contribution in [2.75, 3.05) is 0 Å². The van der Waals surface area contributed by atoms with Crippen LogP contribution in [0.3, 0.4) is 0 Å². The summed E-state index contributed by atoms with van der Waals surface area (Å²) in [6, 6.07) is 5.97. The van der Waals surface area contributed by atoms with E-state index in [1.54, 1.807) is 0 Å². The van der Waals surface area contributed by atoms with Gasteiger partial charge in [0, 0.05) is 5.39 Å². The van der Waals surface area contributed by atoms with Gasteiger partial charge in [0.15, 0.2) is 0 Å². The zero-order valence-electron chi connectivity index (χ0n) is 9.87. The molecule has 1 aromatic carbocycles. The minimum atomic E-state index is -0.109. The molecule has 3 nitrogen and oxygen atoms in total. The van der Waals surface area contributed by atoms with Gasteiger partial charge in [-0.05, 0) is 30.0 Å². The Morgan fingerprint density at radius 3 is 2.69 bits per heavy atom. The van der Waals surface area contributed by atoms with Crippen LogP contribution in [0.1, 0.15) is 37.9 Å². The lowest BCUT2D eigenvalue weighted by Gasteiger charge is -2.08. The van der Waals surface area contributed by atoms with Gasteiger partial charge in [-0.15, -0.1) is 0 Å². The minimum Gasteiger partial charge on any atom is -0.267 e. The Morgan fingerprint density at radius 2 is 2.06 bits per heavy atom. The second kappa shape index (κ2) is 4.08. The molecule has 0 amide bonds. The first-order valence-electron chi connectivity index (χ1n) is 5.64. The molecule has 2 rings (SSSR count). The second-order valence-electron chi connectivity index (χ2n) is 4.33. The predicted molar refractivity (Wildman–Crippen MR) is 65.8 cm³/mol. The van der Waals surface area contributed by atoms with Crippen molar-refractivity contribution in [2.24, 2.45) is 0 Å². The summed E-state index contributed by atoms with van der Waals surface area (Å²) >= 11 is 0. The number of H-pyrrole nitrogens is 1. The molecular formula is C13H16N2O. The van der Waals surface area contributed by atoms with Gasteiger partial charge >= 0.3 is 0 Å². The Hall–Kier alpha value is -1.64. The number of aromatic nitrogens is 2. The van der Waals surface area contributed by atoms with Gasteiger partial charge < -0.3 is 0 Å². The molecule has 3 heteroatoms. The molecule has 16 heavy (non-hydrogen) atoms. The lowest BCUT2D eigenvalue weighted by atomic mass is 10.0. The SMILES string of the molecule is CCc1ccc2c(=O)[nH]nc(C(C)C)c2c1. The maximum Gasteiger partial charge on any atom is 0.272 e. The first kappa shape index (κ1) is 10.9. The summed E-state index contributed by atoms with van der Waals surface area (Å²) in [6.45, 7) is 6.27. The van der Waals surface area contributed by atoms with E-state index < -0.39 is 0 Å². The molecule has 0 aliphatic rings. The summed E-state index contributed by atoms with van der Waals surface area (Å²) in [6.07, 6.45) is 0.972. The highest BCUT2D eigenvalue weighted by Crippen LogP contribution is 2.21. The van der Waals surface area contributed by atoms with Crippen molar-refractivity contribution in [1.82, 2.24) is 10.2 Å². The van der Waals surface area contributed by atoms with Gasteiger partial charge in [-0.3, -0.25) is 4.79 Å². The van der Waals surface area contributed by atoms with Crippen LogP contribution in [0.15, 0.2) is 23.0 Å². The fourth-order valence-corrected chi connectivity index (χ4v) is 1.89. The Kier molecular flexibility index (Phi) is 2.77. The normalized spacial score (nSPS) is 11.2.